The molecule has 1 heteroatoms. The van der Waals surface area contributed by atoms with Crippen molar-refractivity contribution in [2.75, 3.05) is 0 Å². The van der Waals surface area contributed by atoms with E-state index in [4.69, 9.17) is 0 Å². The molecule has 0 radical (unpaired) electrons. The molecule has 15 heavy (non-hydrogen) atoms. The molecule has 80 valence electrons. The lowest BCUT2D eigenvalue weighted by Crippen LogP contribution is -2.25. The molecule has 0 aliphatic heterocycles. The minimum absolute atomic E-state index is 1.08. The minimum Gasteiger partial charge on any atom is -0.107 e. The van der Waals surface area contributed by atoms with Crippen molar-refractivity contribution in [3.05, 3.63) is 54.4 Å². The van der Waals surface area contributed by atoms with Crippen LogP contribution < -0.4 is 5.19 Å². The second-order valence-corrected chi connectivity index (χ2v) is 6.51. The quantitative estimate of drug-likeness (QED) is 0.641. The van der Waals surface area contributed by atoms with E-state index in [1.54, 1.807) is 0 Å². The van der Waals surface area contributed by atoms with Gasteiger partial charge in [0.2, 0.25) is 0 Å². The molecule has 0 saturated heterocycles. The standard InChI is InChI=1S/C14H20Si/c1-4-7-9-13-10-8-11-14(12-13)15(5-2)6-3/h5-6,8,10-12,15H,2-4,7,9H2,1H3. The zero-order valence-electron chi connectivity index (χ0n) is 9.58. The van der Waals surface area contributed by atoms with Gasteiger partial charge >= 0.3 is 0 Å². The average molecular weight is 216 g/mol. The van der Waals surface area contributed by atoms with Crippen LogP contribution in [0.1, 0.15) is 25.3 Å². The Bertz CT molecular complexity index is 320. The van der Waals surface area contributed by atoms with Gasteiger partial charge in [-0.25, -0.2) is 0 Å². The van der Waals surface area contributed by atoms with Gasteiger partial charge in [-0.05, 0) is 18.4 Å². The highest BCUT2D eigenvalue weighted by molar-refractivity contribution is 6.81. The topological polar surface area (TPSA) is 0 Å². The summed E-state index contributed by atoms with van der Waals surface area (Å²) in [6.07, 6.45) is 3.73. The van der Waals surface area contributed by atoms with Gasteiger partial charge < -0.3 is 0 Å². The van der Waals surface area contributed by atoms with Gasteiger partial charge in [-0.2, -0.15) is 0 Å². The number of benzene rings is 1. The van der Waals surface area contributed by atoms with E-state index in [2.05, 4.69) is 55.7 Å². The largest absolute Gasteiger partial charge is 0.116 e. The molecule has 1 aromatic carbocycles. The van der Waals surface area contributed by atoms with Crippen molar-refractivity contribution in [3.63, 3.8) is 0 Å². The van der Waals surface area contributed by atoms with Crippen LogP contribution in [0.2, 0.25) is 0 Å². The van der Waals surface area contributed by atoms with Crippen molar-refractivity contribution in [2.24, 2.45) is 0 Å². The maximum Gasteiger partial charge on any atom is 0.116 e. The highest BCUT2D eigenvalue weighted by atomic mass is 28.3. The molecule has 0 unspecified atom stereocenters. The molecule has 0 heterocycles. The molecule has 0 fully saturated rings. The Balaban J connectivity index is 2.81. The summed E-state index contributed by atoms with van der Waals surface area (Å²) in [5.74, 6) is 0. The predicted octanol–water partition coefficient (Wildman–Crippen LogP) is 2.91. The van der Waals surface area contributed by atoms with Crippen molar-refractivity contribution in [1.29, 1.82) is 0 Å². The predicted molar refractivity (Wildman–Crippen MR) is 72.2 cm³/mol. The van der Waals surface area contributed by atoms with Crippen LogP contribution in [0.4, 0.5) is 0 Å². The molecular weight excluding hydrogens is 196 g/mol. The number of rotatable bonds is 6. The SMILES string of the molecule is C=C[SiH](C=C)c1cccc(CCCC)c1. The molecule has 0 aliphatic carbocycles. The Hall–Kier alpha value is -1.08. The number of unbranched alkanes of at least 4 members (excludes halogenated alkanes) is 1. The zero-order chi connectivity index (χ0) is 11.1. The Morgan fingerprint density at radius 1 is 1.27 bits per heavy atom. The Kier molecular flexibility index (Phi) is 5.12. The van der Waals surface area contributed by atoms with Crippen molar-refractivity contribution in [2.45, 2.75) is 26.2 Å². The van der Waals surface area contributed by atoms with E-state index < -0.39 is 8.80 Å². The smallest absolute Gasteiger partial charge is 0.107 e. The Labute approximate surface area is 94.9 Å². The average Bonchev–Trinajstić information content (AvgIpc) is 2.29. The van der Waals surface area contributed by atoms with E-state index in [0.29, 0.717) is 0 Å². The summed E-state index contributed by atoms with van der Waals surface area (Å²) in [6, 6.07) is 8.91. The first kappa shape index (κ1) is 12.0. The second-order valence-electron chi connectivity index (χ2n) is 3.85. The fourth-order valence-corrected chi connectivity index (χ4v) is 3.18. The summed E-state index contributed by atoms with van der Waals surface area (Å²) in [5, 5.41) is 1.44. The third kappa shape index (κ3) is 3.52. The fraction of sp³-hybridized carbons (Fsp3) is 0.286. The summed E-state index contributed by atoms with van der Waals surface area (Å²) >= 11 is 0. The van der Waals surface area contributed by atoms with Crippen LogP contribution in [0.15, 0.2) is 48.8 Å². The first-order chi connectivity index (χ1) is 7.31. The highest BCUT2D eigenvalue weighted by Crippen LogP contribution is 2.04. The van der Waals surface area contributed by atoms with E-state index in [1.807, 2.05) is 0 Å². The van der Waals surface area contributed by atoms with Crippen LogP contribution in [-0.4, -0.2) is 8.80 Å². The molecule has 0 aliphatic rings. The van der Waals surface area contributed by atoms with Gasteiger partial charge in [-0.15, -0.1) is 13.2 Å². The molecule has 0 bridgehead atoms. The molecule has 0 atom stereocenters. The van der Waals surface area contributed by atoms with Gasteiger partial charge in [0.05, 0.1) is 0 Å². The van der Waals surface area contributed by atoms with E-state index in [1.165, 1.54) is 30.0 Å². The van der Waals surface area contributed by atoms with E-state index >= 15 is 0 Å². The number of hydrogen-bond donors (Lipinski definition) is 0. The van der Waals surface area contributed by atoms with Gasteiger partial charge in [0, 0.05) is 0 Å². The fourth-order valence-electron chi connectivity index (χ4n) is 1.71. The third-order valence-corrected chi connectivity index (χ3v) is 4.81. The van der Waals surface area contributed by atoms with Gasteiger partial charge in [-0.3, -0.25) is 0 Å². The van der Waals surface area contributed by atoms with Gasteiger partial charge in [0.15, 0.2) is 0 Å². The van der Waals surface area contributed by atoms with E-state index in [9.17, 15) is 0 Å². The highest BCUT2D eigenvalue weighted by Gasteiger charge is 2.04. The van der Waals surface area contributed by atoms with Crippen LogP contribution >= 0.6 is 0 Å². The summed E-state index contributed by atoms with van der Waals surface area (Å²) in [5.41, 5.74) is 5.60. The van der Waals surface area contributed by atoms with Crippen LogP contribution in [0.25, 0.3) is 0 Å². The lowest BCUT2D eigenvalue weighted by atomic mass is 10.1. The maximum atomic E-state index is 3.89. The van der Waals surface area contributed by atoms with Crippen LogP contribution in [0, 0.1) is 0 Å². The van der Waals surface area contributed by atoms with Crippen LogP contribution in [-0.2, 0) is 6.42 Å². The van der Waals surface area contributed by atoms with Crippen molar-refractivity contribution < 1.29 is 0 Å². The molecular formula is C14H20Si. The normalized spacial score (nSPS) is 10.3. The second kappa shape index (κ2) is 6.41. The zero-order valence-corrected chi connectivity index (χ0v) is 10.7. The Morgan fingerprint density at radius 3 is 2.60 bits per heavy atom. The van der Waals surface area contributed by atoms with Crippen LogP contribution in [0.3, 0.4) is 0 Å². The summed E-state index contributed by atoms with van der Waals surface area (Å²) in [4.78, 5) is 0. The molecule has 0 nitrogen and oxygen atoms in total. The monoisotopic (exact) mass is 216 g/mol. The first-order valence-corrected chi connectivity index (χ1v) is 7.56. The molecule has 0 aromatic heterocycles. The molecule has 0 N–H and O–H groups in total. The van der Waals surface area contributed by atoms with Crippen LogP contribution in [0.5, 0.6) is 0 Å². The minimum atomic E-state index is -1.08. The lowest BCUT2D eigenvalue weighted by molar-refractivity contribution is 0.795. The van der Waals surface area contributed by atoms with Gasteiger partial charge in [0.1, 0.15) is 8.80 Å². The van der Waals surface area contributed by atoms with Crippen molar-refractivity contribution in [1.82, 2.24) is 0 Å². The number of hydrogen-bond acceptors (Lipinski definition) is 0. The maximum absolute atomic E-state index is 3.89. The van der Waals surface area contributed by atoms with E-state index in [0.717, 1.165) is 0 Å². The van der Waals surface area contributed by atoms with Crippen molar-refractivity contribution >= 4 is 14.0 Å². The lowest BCUT2D eigenvalue weighted by Gasteiger charge is -2.08. The first-order valence-electron chi connectivity index (χ1n) is 5.65. The molecule has 1 rings (SSSR count). The third-order valence-electron chi connectivity index (χ3n) is 2.66. The van der Waals surface area contributed by atoms with Gasteiger partial charge in [0.25, 0.3) is 0 Å². The summed E-state index contributed by atoms with van der Waals surface area (Å²) in [7, 11) is -1.08. The van der Waals surface area contributed by atoms with E-state index in [-0.39, 0.29) is 0 Å². The molecule has 0 spiro atoms. The Morgan fingerprint density at radius 2 is 2.00 bits per heavy atom. The molecule has 0 amide bonds. The van der Waals surface area contributed by atoms with Crippen molar-refractivity contribution in [3.8, 4) is 0 Å². The molecule has 1 aromatic rings. The van der Waals surface area contributed by atoms with Gasteiger partial charge in [-0.1, -0.05) is 54.2 Å². The summed E-state index contributed by atoms with van der Waals surface area (Å²) < 4.78 is 0. The number of aryl methyl sites for hydroxylation is 1. The molecule has 0 saturated carbocycles. The summed E-state index contributed by atoms with van der Waals surface area (Å²) in [6.45, 7) is 10.0.